The van der Waals surface area contributed by atoms with Gasteiger partial charge in [-0.15, -0.1) is 11.3 Å². The molecule has 1 aromatic heterocycles. The highest BCUT2D eigenvalue weighted by Crippen LogP contribution is 2.39. The maximum Gasteiger partial charge on any atom is 0.0704 e. The van der Waals surface area contributed by atoms with Crippen molar-refractivity contribution in [1.29, 1.82) is 0 Å². The summed E-state index contributed by atoms with van der Waals surface area (Å²) in [5, 5.41) is 3.64. The van der Waals surface area contributed by atoms with Crippen molar-refractivity contribution in [1.82, 2.24) is 5.32 Å². The normalized spacial score (nSPS) is 24.2. The summed E-state index contributed by atoms with van der Waals surface area (Å²) in [5.74, 6) is 0.818. The van der Waals surface area contributed by atoms with Crippen LogP contribution in [-0.4, -0.2) is 19.3 Å². The number of hydrogen-bond acceptors (Lipinski definition) is 3. The molecule has 0 saturated heterocycles. The van der Waals surface area contributed by atoms with Crippen molar-refractivity contribution in [3.05, 3.63) is 20.3 Å². The lowest BCUT2D eigenvalue weighted by Crippen LogP contribution is -2.34. The number of rotatable bonds is 7. The SMILES string of the molecule is CCNC(CC1CC(OCC)C1)c1cc(Br)sc1C. The summed E-state index contributed by atoms with van der Waals surface area (Å²) >= 11 is 5.44. The van der Waals surface area contributed by atoms with Crippen molar-refractivity contribution in [2.75, 3.05) is 13.2 Å². The summed E-state index contributed by atoms with van der Waals surface area (Å²) in [7, 11) is 0. The summed E-state index contributed by atoms with van der Waals surface area (Å²) in [6, 6.07) is 2.78. The molecule has 1 heterocycles. The second-order valence-corrected chi connectivity index (χ2v) is 7.96. The first-order chi connectivity index (χ1) is 9.13. The molecule has 4 heteroatoms. The Morgan fingerprint density at radius 2 is 2.21 bits per heavy atom. The highest BCUT2D eigenvalue weighted by atomic mass is 79.9. The quantitative estimate of drug-likeness (QED) is 0.774. The molecule has 1 aliphatic rings. The summed E-state index contributed by atoms with van der Waals surface area (Å²) in [4.78, 5) is 1.43. The molecule has 0 bridgehead atoms. The number of halogens is 1. The number of hydrogen-bond donors (Lipinski definition) is 1. The van der Waals surface area contributed by atoms with Crippen molar-refractivity contribution in [3.8, 4) is 0 Å². The van der Waals surface area contributed by atoms with E-state index in [1.165, 1.54) is 33.5 Å². The van der Waals surface area contributed by atoms with Gasteiger partial charge in [-0.3, -0.25) is 0 Å². The maximum atomic E-state index is 5.66. The van der Waals surface area contributed by atoms with Gasteiger partial charge in [0.15, 0.2) is 0 Å². The molecule has 1 unspecified atom stereocenters. The molecule has 0 aliphatic heterocycles. The van der Waals surface area contributed by atoms with Gasteiger partial charge in [-0.2, -0.15) is 0 Å². The van der Waals surface area contributed by atoms with Crippen LogP contribution in [0.2, 0.25) is 0 Å². The molecule has 0 radical (unpaired) electrons. The highest BCUT2D eigenvalue weighted by Gasteiger charge is 2.32. The van der Waals surface area contributed by atoms with Crippen molar-refractivity contribution in [2.24, 2.45) is 5.92 Å². The van der Waals surface area contributed by atoms with Gasteiger partial charge >= 0.3 is 0 Å². The number of thiophene rings is 1. The lowest BCUT2D eigenvalue weighted by Gasteiger charge is -2.37. The van der Waals surface area contributed by atoms with Crippen LogP contribution in [0.3, 0.4) is 0 Å². The minimum atomic E-state index is 0.500. The summed E-state index contributed by atoms with van der Waals surface area (Å²) in [6.07, 6.45) is 4.23. The van der Waals surface area contributed by atoms with Gasteiger partial charge in [0, 0.05) is 17.5 Å². The van der Waals surface area contributed by atoms with Crippen LogP contribution >= 0.6 is 27.3 Å². The predicted octanol–water partition coefficient (Wildman–Crippen LogP) is 4.67. The van der Waals surface area contributed by atoms with Crippen molar-refractivity contribution < 1.29 is 4.74 Å². The first kappa shape index (κ1) is 15.5. The molecule has 2 nitrogen and oxygen atoms in total. The van der Waals surface area contributed by atoms with E-state index in [0.29, 0.717) is 12.1 Å². The molecule has 1 atom stereocenters. The van der Waals surface area contributed by atoms with Crippen LogP contribution in [0.1, 0.15) is 49.6 Å². The van der Waals surface area contributed by atoms with E-state index in [9.17, 15) is 0 Å². The average molecular weight is 346 g/mol. The lowest BCUT2D eigenvalue weighted by atomic mass is 9.77. The zero-order valence-corrected chi connectivity index (χ0v) is 14.4. The number of aryl methyl sites for hydroxylation is 1. The van der Waals surface area contributed by atoms with E-state index < -0.39 is 0 Å². The van der Waals surface area contributed by atoms with E-state index in [1.807, 2.05) is 11.3 Å². The third-order valence-corrected chi connectivity index (χ3v) is 5.49. The van der Waals surface area contributed by atoms with E-state index >= 15 is 0 Å². The Morgan fingerprint density at radius 1 is 1.47 bits per heavy atom. The van der Waals surface area contributed by atoms with E-state index in [-0.39, 0.29) is 0 Å². The van der Waals surface area contributed by atoms with Crippen LogP contribution < -0.4 is 5.32 Å². The van der Waals surface area contributed by atoms with Gasteiger partial charge < -0.3 is 10.1 Å². The Balaban J connectivity index is 1.92. The fourth-order valence-electron chi connectivity index (χ4n) is 2.94. The Bertz CT molecular complexity index is 401. The summed E-state index contributed by atoms with van der Waals surface area (Å²) in [6.45, 7) is 8.37. The van der Waals surface area contributed by atoms with Crippen LogP contribution in [0, 0.1) is 12.8 Å². The third kappa shape index (κ3) is 4.03. The summed E-state index contributed by atoms with van der Waals surface area (Å²) < 4.78 is 6.90. The molecule has 1 aromatic rings. The fourth-order valence-corrected chi connectivity index (χ4v) is 4.72. The van der Waals surface area contributed by atoms with E-state index in [1.54, 1.807) is 0 Å². The maximum absolute atomic E-state index is 5.66. The molecule has 108 valence electrons. The number of nitrogens with one attached hydrogen (secondary N) is 1. The third-order valence-electron chi connectivity index (χ3n) is 3.92. The zero-order chi connectivity index (χ0) is 13.8. The van der Waals surface area contributed by atoms with E-state index in [0.717, 1.165) is 19.1 Å². The molecule has 0 amide bonds. The van der Waals surface area contributed by atoms with Gasteiger partial charge in [-0.1, -0.05) is 6.92 Å². The summed E-state index contributed by atoms with van der Waals surface area (Å²) in [5.41, 5.74) is 1.47. The smallest absolute Gasteiger partial charge is 0.0704 e. The molecule has 1 N–H and O–H groups in total. The fraction of sp³-hybridized carbons (Fsp3) is 0.733. The standard InChI is InChI=1S/C15H24BrNOS/c1-4-17-14(13-9-15(16)19-10(13)3)8-11-6-12(7-11)18-5-2/h9,11-12,14,17H,4-8H2,1-3H3. The molecule has 1 fully saturated rings. The Hall–Kier alpha value is 0.1000. The molecule has 1 aliphatic carbocycles. The molecule has 19 heavy (non-hydrogen) atoms. The first-order valence-corrected chi connectivity index (χ1v) is 8.85. The zero-order valence-electron chi connectivity index (χ0n) is 12.0. The minimum Gasteiger partial charge on any atom is -0.378 e. The van der Waals surface area contributed by atoms with Gasteiger partial charge in [0.25, 0.3) is 0 Å². The Morgan fingerprint density at radius 3 is 2.74 bits per heavy atom. The Kier molecular flexibility index (Phi) is 5.87. The van der Waals surface area contributed by atoms with Gasteiger partial charge in [-0.25, -0.2) is 0 Å². The second kappa shape index (κ2) is 7.21. The predicted molar refractivity (Wildman–Crippen MR) is 85.9 cm³/mol. The topological polar surface area (TPSA) is 21.3 Å². The van der Waals surface area contributed by atoms with Crippen LogP contribution in [0.5, 0.6) is 0 Å². The van der Waals surface area contributed by atoms with Crippen molar-refractivity contribution in [2.45, 2.75) is 52.2 Å². The van der Waals surface area contributed by atoms with Crippen molar-refractivity contribution >= 4 is 27.3 Å². The van der Waals surface area contributed by atoms with Gasteiger partial charge in [0.1, 0.15) is 0 Å². The minimum absolute atomic E-state index is 0.500. The highest BCUT2D eigenvalue weighted by molar-refractivity contribution is 9.11. The molecule has 0 spiro atoms. The van der Waals surface area contributed by atoms with Gasteiger partial charge in [0.05, 0.1) is 9.89 Å². The van der Waals surface area contributed by atoms with Crippen LogP contribution in [-0.2, 0) is 4.74 Å². The Labute approximate surface area is 129 Å². The van der Waals surface area contributed by atoms with Crippen LogP contribution in [0.15, 0.2) is 9.85 Å². The molecule has 1 saturated carbocycles. The lowest BCUT2D eigenvalue weighted by molar-refractivity contribution is -0.0291. The van der Waals surface area contributed by atoms with Crippen LogP contribution in [0.4, 0.5) is 0 Å². The van der Waals surface area contributed by atoms with E-state index in [2.05, 4.69) is 48.1 Å². The average Bonchev–Trinajstić information content (AvgIpc) is 2.64. The molecular formula is C15H24BrNOS. The molecule has 0 aromatic carbocycles. The van der Waals surface area contributed by atoms with E-state index in [4.69, 9.17) is 4.74 Å². The van der Waals surface area contributed by atoms with Gasteiger partial charge in [-0.05, 0) is 73.1 Å². The molecular weight excluding hydrogens is 322 g/mol. The second-order valence-electron chi connectivity index (χ2n) is 5.32. The molecule has 2 rings (SSSR count). The number of ether oxygens (including phenoxy) is 1. The van der Waals surface area contributed by atoms with Crippen LogP contribution in [0.25, 0.3) is 0 Å². The largest absolute Gasteiger partial charge is 0.378 e. The monoisotopic (exact) mass is 345 g/mol. The first-order valence-electron chi connectivity index (χ1n) is 7.24. The van der Waals surface area contributed by atoms with Gasteiger partial charge in [0.2, 0.25) is 0 Å². The van der Waals surface area contributed by atoms with Crippen molar-refractivity contribution in [3.63, 3.8) is 0 Å².